The molecule has 2 rings (SSSR count). The summed E-state index contributed by atoms with van der Waals surface area (Å²) in [5.41, 5.74) is 0.167. The first-order chi connectivity index (χ1) is 11.8. The predicted octanol–water partition coefficient (Wildman–Crippen LogP) is 2.03. The van der Waals surface area contributed by atoms with E-state index in [1.165, 1.54) is 0 Å². The maximum atomic E-state index is 12.2. The van der Waals surface area contributed by atoms with E-state index in [-0.39, 0.29) is 19.9 Å². The van der Waals surface area contributed by atoms with E-state index in [2.05, 4.69) is 5.32 Å². The number of ether oxygens (including phenoxy) is 3. The highest BCUT2D eigenvalue weighted by atomic mass is 16.6. The van der Waals surface area contributed by atoms with Crippen molar-refractivity contribution in [2.75, 3.05) is 13.3 Å². The highest BCUT2D eigenvalue weighted by Gasteiger charge is 2.39. The van der Waals surface area contributed by atoms with Crippen LogP contribution in [0, 0.1) is 0 Å². The standard InChI is InChI=1S/C17H22N2O6/c1-17(2,3)25-15(21)18-9-13-14(20)24-11-19(13)16(22)23-10-12-7-5-4-6-8-12/h4-8,13H,9-11H2,1-3H3,(H,18,21)/t13-/m1/s1. The van der Waals surface area contributed by atoms with Crippen LogP contribution in [0.5, 0.6) is 0 Å². The van der Waals surface area contributed by atoms with Crippen LogP contribution in [-0.2, 0) is 25.6 Å². The Balaban J connectivity index is 1.87. The van der Waals surface area contributed by atoms with Crippen LogP contribution < -0.4 is 5.32 Å². The molecule has 1 fully saturated rings. The fourth-order valence-corrected chi connectivity index (χ4v) is 2.12. The number of carbonyl (C=O) groups excluding carboxylic acids is 3. The Morgan fingerprint density at radius 1 is 1.28 bits per heavy atom. The summed E-state index contributed by atoms with van der Waals surface area (Å²) in [6, 6.07) is 8.21. The summed E-state index contributed by atoms with van der Waals surface area (Å²) in [5.74, 6) is -0.604. The molecule has 1 aliphatic rings. The van der Waals surface area contributed by atoms with Crippen molar-refractivity contribution in [3.8, 4) is 0 Å². The molecule has 1 saturated heterocycles. The Morgan fingerprint density at radius 3 is 2.60 bits per heavy atom. The maximum absolute atomic E-state index is 12.2. The third kappa shape index (κ3) is 5.66. The Labute approximate surface area is 146 Å². The lowest BCUT2D eigenvalue weighted by Gasteiger charge is -2.22. The normalized spacial score (nSPS) is 17.0. The number of carbonyl (C=O) groups is 3. The van der Waals surface area contributed by atoms with Gasteiger partial charge < -0.3 is 19.5 Å². The number of nitrogens with zero attached hydrogens (tertiary/aromatic N) is 1. The topological polar surface area (TPSA) is 94.2 Å². The van der Waals surface area contributed by atoms with Gasteiger partial charge in [-0.15, -0.1) is 0 Å². The van der Waals surface area contributed by atoms with Gasteiger partial charge in [-0.05, 0) is 26.3 Å². The van der Waals surface area contributed by atoms with Gasteiger partial charge in [0.2, 0.25) is 0 Å². The molecule has 1 aliphatic heterocycles. The molecule has 25 heavy (non-hydrogen) atoms. The summed E-state index contributed by atoms with van der Waals surface area (Å²) in [7, 11) is 0. The van der Waals surface area contributed by atoms with Crippen LogP contribution in [-0.4, -0.2) is 48.0 Å². The molecule has 2 amide bonds. The molecule has 1 aromatic rings. The number of esters is 1. The predicted molar refractivity (Wildman–Crippen MR) is 87.4 cm³/mol. The molecule has 1 aromatic carbocycles. The zero-order valence-electron chi connectivity index (χ0n) is 14.5. The lowest BCUT2D eigenvalue weighted by molar-refractivity contribution is -0.139. The van der Waals surface area contributed by atoms with Crippen molar-refractivity contribution in [3.63, 3.8) is 0 Å². The molecule has 1 atom stereocenters. The number of hydrogen-bond acceptors (Lipinski definition) is 6. The maximum Gasteiger partial charge on any atom is 0.413 e. The number of benzene rings is 1. The van der Waals surface area contributed by atoms with Crippen LogP contribution in [0.1, 0.15) is 26.3 Å². The molecule has 0 radical (unpaired) electrons. The Bertz CT molecular complexity index is 626. The van der Waals surface area contributed by atoms with Crippen molar-refractivity contribution in [1.82, 2.24) is 10.2 Å². The van der Waals surface area contributed by atoms with E-state index in [1.807, 2.05) is 30.3 Å². The second-order valence-electron chi connectivity index (χ2n) is 6.50. The molecule has 1 heterocycles. The molecule has 0 bridgehead atoms. The molecular formula is C17H22N2O6. The average Bonchev–Trinajstić information content (AvgIpc) is 2.91. The van der Waals surface area contributed by atoms with Crippen molar-refractivity contribution in [3.05, 3.63) is 35.9 Å². The van der Waals surface area contributed by atoms with Gasteiger partial charge in [-0.1, -0.05) is 30.3 Å². The van der Waals surface area contributed by atoms with Gasteiger partial charge in [0.15, 0.2) is 12.8 Å². The minimum atomic E-state index is -0.948. The highest BCUT2D eigenvalue weighted by Crippen LogP contribution is 2.14. The van der Waals surface area contributed by atoms with Gasteiger partial charge in [-0.25, -0.2) is 14.4 Å². The van der Waals surface area contributed by atoms with E-state index in [4.69, 9.17) is 14.2 Å². The molecule has 8 nitrogen and oxygen atoms in total. The highest BCUT2D eigenvalue weighted by molar-refractivity contribution is 5.84. The number of alkyl carbamates (subject to hydrolysis) is 1. The number of rotatable bonds is 4. The van der Waals surface area contributed by atoms with Gasteiger partial charge in [0.1, 0.15) is 12.2 Å². The van der Waals surface area contributed by atoms with Crippen LogP contribution in [0.4, 0.5) is 9.59 Å². The molecular weight excluding hydrogens is 328 g/mol. The number of cyclic esters (lactones) is 1. The summed E-state index contributed by atoms with van der Waals surface area (Å²) in [6.07, 6.45) is -1.37. The monoisotopic (exact) mass is 350 g/mol. The summed E-state index contributed by atoms with van der Waals surface area (Å²) < 4.78 is 15.2. The lowest BCUT2D eigenvalue weighted by atomic mass is 10.2. The summed E-state index contributed by atoms with van der Waals surface area (Å²) in [5, 5.41) is 2.46. The van der Waals surface area contributed by atoms with Crippen LogP contribution in [0.25, 0.3) is 0 Å². The minimum Gasteiger partial charge on any atom is -0.444 e. The molecule has 136 valence electrons. The van der Waals surface area contributed by atoms with E-state index in [0.717, 1.165) is 10.5 Å². The van der Waals surface area contributed by atoms with Gasteiger partial charge >= 0.3 is 18.2 Å². The molecule has 0 aromatic heterocycles. The molecule has 0 aliphatic carbocycles. The van der Waals surface area contributed by atoms with E-state index < -0.39 is 29.8 Å². The minimum absolute atomic E-state index is 0.0799. The average molecular weight is 350 g/mol. The van der Waals surface area contributed by atoms with E-state index in [9.17, 15) is 14.4 Å². The van der Waals surface area contributed by atoms with Crippen LogP contribution in [0.15, 0.2) is 30.3 Å². The summed E-state index contributed by atoms with van der Waals surface area (Å²) in [6.45, 7) is 4.93. The smallest absolute Gasteiger partial charge is 0.413 e. The molecule has 0 unspecified atom stereocenters. The van der Waals surface area contributed by atoms with Crippen LogP contribution >= 0.6 is 0 Å². The zero-order chi connectivity index (χ0) is 18.4. The van der Waals surface area contributed by atoms with Crippen molar-refractivity contribution in [1.29, 1.82) is 0 Å². The lowest BCUT2D eigenvalue weighted by Crippen LogP contribution is -2.47. The summed E-state index contributed by atoms with van der Waals surface area (Å²) >= 11 is 0. The second-order valence-corrected chi connectivity index (χ2v) is 6.50. The fourth-order valence-electron chi connectivity index (χ4n) is 2.12. The van der Waals surface area contributed by atoms with Gasteiger partial charge in [0, 0.05) is 0 Å². The van der Waals surface area contributed by atoms with E-state index >= 15 is 0 Å². The van der Waals surface area contributed by atoms with Crippen molar-refractivity contribution in [2.24, 2.45) is 0 Å². The van der Waals surface area contributed by atoms with Crippen molar-refractivity contribution in [2.45, 2.75) is 39.0 Å². The van der Waals surface area contributed by atoms with Crippen LogP contribution in [0.2, 0.25) is 0 Å². The Hall–Kier alpha value is -2.77. The van der Waals surface area contributed by atoms with Gasteiger partial charge in [0.05, 0.1) is 6.54 Å². The number of amides is 2. The van der Waals surface area contributed by atoms with E-state index in [0.29, 0.717) is 0 Å². The Morgan fingerprint density at radius 2 is 1.96 bits per heavy atom. The van der Waals surface area contributed by atoms with Gasteiger partial charge in [-0.3, -0.25) is 4.90 Å². The van der Waals surface area contributed by atoms with Crippen molar-refractivity contribution < 1.29 is 28.6 Å². The molecule has 8 heteroatoms. The first-order valence-electron chi connectivity index (χ1n) is 7.87. The first-order valence-corrected chi connectivity index (χ1v) is 7.87. The second kappa shape index (κ2) is 7.87. The van der Waals surface area contributed by atoms with E-state index in [1.54, 1.807) is 20.8 Å². The van der Waals surface area contributed by atoms with Gasteiger partial charge in [0.25, 0.3) is 0 Å². The molecule has 1 N–H and O–H groups in total. The summed E-state index contributed by atoms with van der Waals surface area (Å²) in [4.78, 5) is 36.8. The largest absolute Gasteiger partial charge is 0.444 e. The fraction of sp³-hybridized carbons (Fsp3) is 0.471. The zero-order valence-corrected chi connectivity index (χ0v) is 14.5. The third-order valence-electron chi connectivity index (χ3n) is 3.27. The SMILES string of the molecule is CC(C)(C)OC(=O)NC[C@@H]1C(=O)OCN1C(=O)OCc1ccccc1. The van der Waals surface area contributed by atoms with Crippen molar-refractivity contribution >= 4 is 18.2 Å². The molecule has 0 saturated carbocycles. The number of nitrogens with one attached hydrogen (secondary N) is 1. The molecule has 0 spiro atoms. The van der Waals surface area contributed by atoms with Gasteiger partial charge in [-0.2, -0.15) is 0 Å². The first kappa shape index (κ1) is 18.6. The quantitative estimate of drug-likeness (QED) is 0.660. The third-order valence-corrected chi connectivity index (χ3v) is 3.27. The van der Waals surface area contributed by atoms with Crippen LogP contribution in [0.3, 0.4) is 0 Å². The number of hydrogen-bond donors (Lipinski definition) is 1. The Kier molecular flexibility index (Phi) is 5.84.